The van der Waals surface area contributed by atoms with Gasteiger partial charge in [0.1, 0.15) is 5.75 Å². The number of thiophene rings is 1. The molecule has 1 saturated heterocycles. The molecule has 3 heterocycles. The summed E-state index contributed by atoms with van der Waals surface area (Å²) < 4.78 is 34.0. The molecule has 0 bridgehead atoms. The Balaban J connectivity index is 1.48. The predicted octanol–water partition coefficient (Wildman–Crippen LogP) is 5.52. The normalized spacial score (nSPS) is 16.4. The van der Waals surface area contributed by atoms with Crippen LogP contribution in [-0.4, -0.2) is 54.4 Å². The lowest BCUT2D eigenvalue weighted by Gasteiger charge is -2.32. The Kier molecular flexibility index (Phi) is 7.94. The van der Waals surface area contributed by atoms with Gasteiger partial charge in [0.15, 0.2) is 0 Å². The molecule has 2 aromatic carbocycles. The van der Waals surface area contributed by atoms with E-state index in [4.69, 9.17) is 4.74 Å². The first kappa shape index (κ1) is 27.8. The van der Waals surface area contributed by atoms with E-state index in [1.807, 2.05) is 6.92 Å². The number of piperidine rings is 1. The van der Waals surface area contributed by atoms with Crippen molar-refractivity contribution in [1.29, 1.82) is 0 Å². The molecule has 1 atom stereocenters. The Morgan fingerprint density at radius 3 is 2.62 bits per heavy atom. The largest absolute Gasteiger partial charge is 0.497 e. The molecule has 0 aliphatic carbocycles. The Morgan fingerprint density at radius 1 is 1.18 bits per heavy atom. The number of thiazole rings is 1. The third-order valence-corrected chi connectivity index (χ3v) is 10.5. The number of hydrazone groups is 1. The molecule has 0 spiro atoms. The highest BCUT2D eigenvalue weighted by molar-refractivity contribution is 7.89. The molecule has 1 aliphatic heterocycles. The van der Waals surface area contributed by atoms with Crippen molar-refractivity contribution in [3.8, 4) is 5.75 Å². The lowest BCUT2D eigenvalue weighted by Crippen LogP contribution is -2.41. The second kappa shape index (κ2) is 11.4. The number of aromatic nitrogens is 1. The summed E-state index contributed by atoms with van der Waals surface area (Å²) in [6.45, 7) is 2.37. The maximum atomic E-state index is 13.7. The molecular formula is C26H25N5O6S3. The Morgan fingerprint density at radius 2 is 1.95 bits per heavy atom. The molecule has 14 heteroatoms. The summed E-state index contributed by atoms with van der Waals surface area (Å²) in [5, 5.41) is 16.8. The summed E-state index contributed by atoms with van der Waals surface area (Å²) in [6.07, 6.45) is 3.98. The molecule has 5 rings (SSSR count). The van der Waals surface area contributed by atoms with Crippen molar-refractivity contribution in [3.05, 3.63) is 75.2 Å². The van der Waals surface area contributed by atoms with Gasteiger partial charge in [-0.1, -0.05) is 29.1 Å². The molecular weight excluding hydrogens is 575 g/mol. The van der Waals surface area contributed by atoms with Gasteiger partial charge in [-0.2, -0.15) is 14.4 Å². The summed E-state index contributed by atoms with van der Waals surface area (Å²) in [6, 6.07) is 13.9. The Bertz CT molecular complexity index is 1700. The van der Waals surface area contributed by atoms with Crippen LogP contribution in [0.3, 0.4) is 0 Å². The molecule has 208 valence electrons. The third kappa shape index (κ3) is 5.61. The number of fused-ring (bicyclic) bond motifs is 1. The van der Waals surface area contributed by atoms with Gasteiger partial charge in [0.05, 0.1) is 38.2 Å². The average molecular weight is 600 g/mol. The number of hydrogen-bond acceptors (Lipinski definition) is 10. The fourth-order valence-electron chi connectivity index (χ4n) is 4.38. The minimum absolute atomic E-state index is 0.0498. The maximum absolute atomic E-state index is 13.7. The van der Waals surface area contributed by atoms with E-state index in [0.717, 1.165) is 40.3 Å². The highest BCUT2D eigenvalue weighted by Crippen LogP contribution is 2.33. The molecule has 1 unspecified atom stereocenters. The highest BCUT2D eigenvalue weighted by atomic mass is 32.2. The summed E-state index contributed by atoms with van der Waals surface area (Å²) in [4.78, 5) is 29.4. The smallest absolute Gasteiger partial charge is 0.324 e. The number of carbonyl (C=O) groups is 1. The zero-order chi connectivity index (χ0) is 28.4. The zero-order valence-electron chi connectivity index (χ0n) is 21.6. The number of benzene rings is 2. The second-order valence-corrected chi connectivity index (χ2v) is 13.1. The van der Waals surface area contributed by atoms with E-state index in [1.165, 1.54) is 52.2 Å². The lowest BCUT2D eigenvalue weighted by atomic mass is 10.1. The minimum atomic E-state index is -3.70. The van der Waals surface area contributed by atoms with Crippen LogP contribution < -0.4 is 9.75 Å². The molecule has 1 fully saturated rings. The van der Waals surface area contributed by atoms with Crippen molar-refractivity contribution in [2.24, 2.45) is 5.10 Å². The minimum Gasteiger partial charge on any atom is -0.497 e. The molecule has 0 radical (unpaired) electrons. The zero-order valence-corrected chi connectivity index (χ0v) is 24.0. The van der Waals surface area contributed by atoms with Crippen LogP contribution in [0.25, 0.3) is 10.2 Å². The summed E-state index contributed by atoms with van der Waals surface area (Å²) >= 11 is 2.15. The van der Waals surface area contributed by atoms with E-state index >= 15 is 0 Å². The van der Waals surface area contributed by atoms with Crippen LogP contribution in [0.5, 0.6) is 5.75 Å². The quantitative estimate of drug-likeness (QED) is 0.148. The van der Waals surface area contributed by atoms with Gasteiger partial charge in [-0.3, -0.25) is 14.9 Å². The van der Waals surface area contributed by atoms with Crippen LogP contribution in [-0.2, 0) is 10.0 Å². The van der Waals surface area contributed by atoms with E-state index in [-0.39, 0.29) is 26.6 Å². The number of amides is 1. The molecule has 1 amide bonds. The van der Waals surface area contributed by atoms with Gasteiger partial charge in [0, 0.05) is 24.2 Å². The number of anilines is 1. The monoisotopic (exact) mass is 599 g/mol. The summed E-state index contributed by atoms with van der Waals surface area (Å²) in [5.41, 5.74) is 0.842. The number of rotatable bonds is 8. The maximum Gasteiger partial charge on any atom is 0.324 e. The first-order chi connectivity index (χ1) is 19.2. The van der Waals surface area contributed by atoms with Crippen molar-refractivity contribution in [3.63, 3.8) is 0 Å². The number of methoxy groups -OCH3 is 1. The van der Waals surface area contributed by atoms with Gasteiger partial charge < -0.3 is 4.74 Å². The van der Waals surface area contributed by atoms with E-state index in [9.17, 15) is 23.3 Å². The van der Waals surface area contributed by atoms with Gasteiger partial charge in [0.25, 0.3) is 5.91 Å². The number of nitro groups is 1. The fourth-order valence-corrected chi connectivity index (χ4v) is 7.72. The van der Waals surface area contributed by atoms with Crippen LogP contribution in [0.2, 0.25) is 0 Å². The van der Waals surface area contributed by atoms with Gasteiger partial charge in [0.2, 0.25) is 15.2 Å². The molecule has 0 saturated carbocycles. The van der Waals surface area contributed by atoms with Crippen LogP contribution in [0.15, 0.2) is 64.6 Å². The van der Waals surface area contributed by atoms with Crippen molar-refractivity contribution in [1.82, 2.24) is 9.29 Å². The van der Waals surface area contributed by atoms with Crippen molar-refractivity contribution >= 4 is 65.2 Å². The van der Waals surface area contributed by atoms with E-state index < -0.39 is 20.9 Å². The van der Waals surface area contributed by atoms with Gasteiger partial charge in [-0.15, -0.1) is 0 Å². The first-order valence-electron chi connectivity index (χ1n) is 12.4. The number of nitrogens with zero attached hydrogens (tertiary/aromatic N) is 5. The molecule has 0 N–H and O–H groups in total. The van der Waals surface area contributed by atoms with Gasteiger partial charge in [-0.25, -0.2) is 13.4 Å². The number of sulfonamides is 1. The molecule has 1 aliphatic rings. The van der Waals surface area contributed by atoms with Gasteiger partial charge in [-0.05, 0) is 68.3 Å². The second-order valence-electron chi connectivity index (χ2n) is 9.11. The van der Waals surface area contributed by atoms with E-state index in [1.54, 1.807) is 31.4 Å². The predicted molar refractivity (Wildman–Crippen MR) is 155 cm³/mol. The Labute approximate surface area is 238 Å². The van der Waals surface area contributed by atoms with Gasteiger partial charge >= 0.3 is 5.00 Å². The molecule has 11 nitrogen and oxygen atoms in total. The summed E-state index contributed by atoms with van der Waals surface area (Å²) in [7, 11) is -2.14. The number of carbonyl (C=O) groups excluding carboxylic acids is 1. The standard InChI is InChI=1S/C26H25N5O6S3/c1-17-5-3-4-14-29(17)40(35,36)21-10-6-18(7-11-21)25(32)30(27-16-20-9-13-24(38-20)31(33)34)26-28-22-12-8-19(37-2)15-23(22)39-26/h6-13,15-17H,3-5,14H2,1-2H3/b27-16+. The lowest BCUT2D eigenvalue weighted by molar-refractivity contribution is -0.380. The topological polar surface area (TPSA) is 135 Å². The SMILES string of the molecule is COc1ccc2nc(N(/N=C/c3ccc([N+](=O)[O-])s3)C(=O)c3ccc(S(=O)(=O)N4CCCCC4C)cc3)sc2c1. The number of ether oxygens (including phenoxy) is 1. The molecule has 2 aromatic heterocycles. The average Bonchev–Trinajstić information content (AvgIpc) is 3.60. The Hall–Kier alpha value is -3.72. The highest BCUT2D eigenvalue weighted by Gasteiger charge is 2.31. The van der Waals surface area contributed by atoms with E-state index in [2.05, 4.69) is 10.1 Å². The van der Waals surface area contributed by atoms with Crippen molar-refractivity contribution in [2.75, 3.05) is 18.7 Å². The summed E-state index contributed by atoms with van der Waals surface area (Å²) in [5.74, 6) is 0.0958. The van der Waals surface area contributed by atoms with Crippen molar-refractivity contribution in [2.45, 2.75) is 37.1 Å². The van der Waals surface area contributed by atoms with Crippen LogP contribution in [0.4, 0.5) is 10.1 Å². The van der Waals surface area contributed by atoms with Crippen LogP contribution in [0.1, 0.15) is 41.4 Å². The van der Waals surface area contributed by atoms with Crippen LogP contribution in [0, 0.1) is 10.1 Å². The molecule has 40 heavy (non-hydrogen) atoms. The first-order valence-corrected chi connectivity index (χ1v) is 15.4. The molecule has 4 aromatic rings. The van der Waals surface area contributed by atoms with E-state index in [0.29, 0.717) is 22.7 Å². The van der Waals surface area contributed by atoms with Crippen molar-refractivity contribution < 1.29 is 22.9 Å². The fraction of sp³-hybridized carbons (Fsp3) is 0.269. The third-order valence-electron chi connectivity index (χ3n) is 6.50. The number of hydrogen-bond donors (Lipinski definition) is 0. The van der Waals surface area contributed by atoms with Crippen LogP contribution >= 0.6 is 22.7 Å².